The van der Waals surface area contributed by atoms with E-state index in [1.54, 1.807) is 44.6 Å². The molecule has 0 radical (unpaired) electrons. The van der Waals surface area contributed by atoms with Crippen molar-refractivity contribution in [3.63, 3.8) is 0 Å². The van der Waals surface area contributed by atoms with Crippen LogP contribution in [0.4, 0.5) is 5.69 Å². The smallest absolute Gasteiger partial charge is 0.238 e. The number of nitriles is 1. The second kappa shape index (κ2) is 8.95. The van der Waals surface area contributed by atoms with Gasteiger partial charge in [0, 0.05) is 24.2 Å². The predicted octanol–water partition coefficient (Wildman–Crippen LogP) is 3.04. The third-order valence-corrected chi connectivity index (χ3v) is 4.78. The van der Waals surface area contributed by atoms with Crippen LogP contribution in [0, 0.1) is 11.3 Å². The van der Waals surface area contributed by atoms with Crippen LogP contribution >= 0.6 is 12.4 Å². The Hall–Kier alpha value is -3.41. The van der Waals surface area contributed by atoms with Gasteiger partial charge in [0.05, 0.1) is 36.6 Å². The van der Waals surface area contributed by atoms with Crippen LogP contribution in [-0.4, -0.2) is 43.3 Å². The van der Waals surface area contributed by atoms with Crippen LogP contribution in [0.3, 0.4) is 0 Å². The maximum Gasteiger partial charge on any atom is 0.238 e. The predicted molar refractivity (Wildman–Crippen MR) is 112 cm³/mol. The Morgan fingerprint density at radius 1 is 1.13 bits per heavy atom. The Labute approximate surface area is 179 Å². The van der Waals surface area contributed by atoms with Gasteiger partial charge < -0.3 is 19.5 Å². The van der Waals surface area contributed by atoms with E-state index in [1.807, 2.05) is 0 Å². The number of methoxy groups -OCH3 is 2. The fourth-order valence-electron chi connectivity index (χ4n) is 3.42. The first-order chi connectivity index (χ1) is 14.2. The summed E-state index contributed by atoms with van der Waals surface area (Å²) in [5, 5.41) is 12.8. The molecule has 1 aliphatic heterocycles. The first kappa shape index (κ1) is 21.3. The molecule has 0 saturated carbocycles. The molecule has 4 rings (SSSR count). The number of carbonyl (C=O) groups excluding carboxylic acids is 1. The highest BCUT2D eigenvalue weighted by Gasteiger charge is 2.34. The highest BCUT2D eigenvalue weighted by Crippen LogP contribution is 2.41. The number of halogens is 1. The summed E-state index contributed by atoms with van der Waals surface area (Å²) in [5.41, 5.74) is 3.05. The molecule has 1 aliphatic rings. The third-order valence-electron chi connectivity index (χ3n) is 4.78. The molecule has 2 aromatic carbocycles. The van der Waals surface area contributed by atoms with Crippen LogP contribution in [0.25, 0.3) is 10.9 Å². The minimum atomic E-state index is -0.645. The molecular weight excluding hydrogens is 408 g/mol. The van der Waals surface area contributed by atoms with Crippen molar-refractivity contribution in [1.82, 2.24) is 9.97 Å². The summed E-state index contributed by atoms with van der Waals surface area (Å²) < 4.78 is 16.2. The van der Waals surface area contributed by atoms with Crippen LogP contribution in [-0.2, 0) is 9.53 Å². The topological polar surface area (TPSA) is 106 Å². The molecule has 0 spiro atoms. The van der Waals surface area contributed by atoms with E-state index < -0.39 is 5.92 Å². The number of nitrogens with zero attached hydrogens (tertiary/aromatic N) is 3. The number of anilines is 1. The number of rotatable bonds is 6. The number of benzene rings is 2. The number of hydrogen-bond acceptors (Lipinski definition) is 7. The number of nitrogens with one attached hydrogen (secondary N) is 1. The Bertz CT molecular complexity index is 1150. The molecule has 2 heterocycles. The van der Waals surface area contributed by atoms with Crippen molar-refractivity contribution in [1.29, 1.82) is 5.26 Å². The second-order valence-electron chi connectivity index (χ2n) is 6.46. The van der Waals surface area contributed by atoms with E-state index in [0.29, 0.717) is 58.1 Å². The summed E-state index contributed by atoms with van der Waals surface area (Å²) in [6.07, 6.45) is 1.42. The third kappa shape index (κ3) is 3.73. The molecule has 8 nitrogen and oxygen atoms in total. The normalized spacial score (nSPS) is 14.4. The molecule has 0 aliphatic carbocycles. The zero-order valence-electron chi connectivity index (χ0n) is 16.3. The number of aromatic nitrogens is 2. The van der Waals surface area contributed by atoms with Crippen LogP contribution in [0.15, 0.2) is 36.7 Å². The van der Waals surface area contributed by atoms with Crippen LogP contribution < -0.4 is 14.8 Å². The van der Waals surface area contributed by atoms with Crippen molar-refractivity contribution in [3.05, 3.63) is 53.5 Å². The van der Waals surface area contributed by atoms with Gasteiger partial charge in [0.2, 0.25) is 5.91 Å². The summed E-state index contributed by atoms with van der Waals surface area (Å²) in [4.78, 5) is 21.5. The standard InChI is InChI=1S/C21H18N4O4.ClH/c1-27-5-6-29-18-9-16-14(8-17(18)28-2)20(24-11-23-16)19-13-7-12(10-22)3-4-15(13)25-21(19)26;/h3-4,7-9,11,19H,5-6H2,1-2H3,(H,25,26);1H. The molecular formula is C21H19ClN4O4. The SMILES string of the molecule is COCCOc1cc2ncnc(C3C(=O)Nc4ccc(C#N)cc43)c2cc1OC.Cl. The number of hydrogen-bond donors (Lipinski definition) is 1. The molecule has 1 amide bonds. The molecule has 1 unspecified atom stereocenters. The van der Waals surface area contributed by atoms with Gasteiger partial charge >= 0.3 is 0 Å². The summed E-state index contributed by atoms with van der Waals surface area (Å²) in [7, 11) is 3.15. The average Bonchev–Trinajstić information content (AvgIpc) is 3.07. The Morgan fingerprint density at radius 2 is 1.97 bits per heavy atom. The van der Waals surface area contributed by atoms with Crippen LogP contribution in [0.5, 0.6) is 11.5 Å². The van der Waals surface area contributed by atoms with Gasteiger partial charge in [0.25, 0.3) is 0 Å². The quantitative estimate of drug-likeness (QED) is 0.603. The van der Waals surface area contributed by atoms with Gasteiger partial charge in [-0.15, -0.1) is 12.4 Å². The average molecular weight is 427 g/mol. The van der Waals surface area contributed by atoms with Crippen molar-refractivity contribution in [2.75, 3.05) is 32.8 Å². The highest BCUT2D eigenvalue weighted by atomic mass is 35.5. The van der Waals surface area contributed by atoms with E-state index in [2.05, 4.69) is 21.4 Å². The summed E-state index contributed by atoms with van der Waals surface area (Å²) in [5.74, 6) is 0.196. The molecule has 0 fully saturated rings. The van der Waals surface area contributed by atoms with Gasteiger partial charge in [0.15, 0.2) is 11.5 Å². The lowest BCUT2D eigenvalue weighted by atomic mass is 9.93. The molecule has 1 N–H and O–H groups in total. The van der Waals surface area contributed by atoms with Gasteiger partial charge in [-0.1, -0.05) is 0 Å². The van der Waals surface area contributed by atoms with E-state index >= 15 is 0 Å². The van der Waals surface area contributed by atoms with Crippen molar-refractivity contribution in [2.45, 2.75) is 5.92 Å². The van der Waals surface area contributed by atoms with E-state index in [1.165, 1.54) is 6.33 Å². The summed E-state index contributed by atoms with van der Waals surface area (Å²) in [6, 6.07) is 10.8. The van der Waals surface area contributed by atoms with Crippen molar-refractivity contribution >= 4 is 34.9 Å². The zero-order valence-corrected chi connectivity index (χ0v) is 17.2. The van der Waals surface area contributed by atoms with Crippen molar-refractivity contribution in [3.8, 4) is 17.6 Å². The van der Waals surface area contributed by atoms with Crippen LogP contribution in [0.2, 0.25) is 0 Å². The lowest BCUT2D eigenvalue weighted by Crippen LogP contribution is -2.15. The second-order valence-corrected chi connectivity index (χ2v) is 6.46. The number of amides is 1. The number of fused-ring (bicyclic) bond motifs is 2. The Balaban J connectivity index is 0.00000256. The van der Waals surface area contributed by atoms with Gasteiger partial charge in [-0.2, -0.15) is 5.26 Å². The molecule has 0 saturated heterocycles. The van der Waals surface area contributed by atoms with E-state index in [0.717, 1.165) is 0 Å². The molecule has 1 atom stereocenters. The first-order valence-electron chi connectivity index (χ1n) is 8.95. The summed E-state index contributed by atoms with van der Waals surface area (Å²) in [6.45, 7) is 0.808. The van der Waals surface area contributed by atoms with E-state index in [4.69, 9.17) is 14.2 Å². The highest BCUT2D eigenvalue weighted by molar-refractivity contribution is 6.07. The van der Waals surface area contributed by atoms with Gasteiger partial charge in [-0.25, -0.2) is 9.97 Å². The number of carbonyl (C=O) groups is 1. The Morgan fingerprint density at radius 3 is 2.70 bits per heavy atom. The first-order valence-corrected chi connectivity index (χ1v) is 8.95. The zero-order chi connectivity index (χ0) is 20.4. The van der Waals surface area contributed by atoms with Gasteiger partial charge in [-0.05, 0) is 29.8 Å². The minimum absolute atomic E-state index is 0. The lowest BCUT2D eigenvalue weighted by molar-refractivity contribution is -0.116. The maximum atomic E-state index is 12.7. The Kier molecular flexibility index (Phi) is 6.35. The number of ether oxygens (including phenoxy) is 3. The fourth-order valence-corrected chi connectivity index (χ4v) is 3.42. The van der Waals surface area contributed by atoms with Crippen LogP contribution in [0.1, 0.15) is 22.7 Å². The largest absolute Gasteiger partial charge is 0.493 e. The minimum Gasteiger partial charge on any atom is -0.493 e. The van der Waals surface area contributed by atoms with Crippen molar-refractivity contribution in [2.24, 2.45) is 0 Å². The maximum absolute atomic E-state index is 12.7. The molecule has 3 aromatic rings. The summed E-state index contributed by atoms with van der Waals surface area (Å²) >= 11 is 0. The van der Waals surface area contributed by atoms with E-state index in [-0.39, 0.29) is 18.3 Å². The monoisotopic (exact) mass is 426 g/mol. The van der Waals surface area contributed by atoms with Gasteiger partial charge in [-0.3, -0.25) is 4.79 Å². The molecule has 154 valence electrons. The van der Waals surface area contributed by atoms with E-state index in [9.17, 15) is 10.1 Å². The molecule has 30 heavy (non-hydrogen) atoms. The molecule has 9 heteroatoms. The van der Waals surface area contributed by atoms with Crippen molar-refractivity contribution < 1.29 is 19.0 Å². The van der Waals surface area contributed by atoms with Gasteiger partial charge in [0.1, 0.15) is 18.9 Å². The lowest BCUT2D eigenvalue weighted by Gasteiger charge is -2.15. The fraction of sp³-hybridized carbons (Fsp3) is 0.238. The molecule has 0 bridgehead atoms. The molecule has 1 aromatic heterocycles.